The van der Waals surface area contributed by atoms with E-state index in [1.54, 1.807) is 4.90 Å². The molecule has 0 unspecified atom stereocenters. The fraction of sp³-hybridized carbons (Fsp3) is 0.333. The molecule has 0 spiro atoms. The zero-order chi connectivity index (χ0) is 11.0. The molecule has 0 N–H and O–H groups in total. The van der Waals surface area contributed by atoms with Gasteiger partial charge in [-0.25, -0.2) is 9.37 Å². The third kappa shape index (κ3) is 1.74. The molecule has 2 rings (SSSR count). The predicted octanol–water partition coefficient (Wildman–Crippen LogP) is 1.49. The first-order valence-corrected chi connectivity index (χ1v) is 4.83. The Morgan fingerprint density at radius 1 is 1.53 bits per heavy atom. The van der Waals surface area contributed by atoms with Crippen molar-refractivity contribution in [2.45, 2.75) is 0 Å². The Morgan fingerprint density at radius 2 is 2.27 bits per heavy atom. The zero-order valence-corrected chi connectivity index (χ0v) is 9.00. The van der Waals surface area contributed by atoms with Gasteiger partial charge in [-0.2, -0.15) is 4.98 Å². The van der Waals surface area contributed by atoms with Crippen LogP contribution in [0, 0.1) is 5.82 Å². The summed E-state index contributed by atoms with van der Waals surface area (Å²) < 4.78 is 13.4. The topological polar surface area (TPSA) is 32.3 Å². The van der Waals surface area contributed by atoms with E-state index in [1.807, 2.05) is 11.9 Å². The van der Waals surface area contributed by atoms with Crippen molar-refractivity contribution in [2.24, 2.45) is 0 Å². The molecule has 0 saturated carbocycles. The van der Waals surface area contributed by atoms with Gasteiger partial charge in [-0.15, -0.1) is 0 Å². The molecular formula is C9H10ClFN4. The van der Waals surface area contributed by atoms with Gasteiger partial charge >= 0.3 is 0 Å². The summed E-state index contributed by atoms with van der Waals surface area (Å²) in [7, 11) is 1.89. The van der Waals surface area contributed by atoms with Crippen molar-refractivity contribution in [2.75, 3.05) is 25.0 Å². The molecular weight excluding hydrogens is 219 g/mol. The van der Waals surface area contributed by atoms with E-state index < -0.39 is 5.82 Å². The molecule has 1 fully saturated rings. The van der Waals surface area contributed by atoms with Crippen LogP contribution >= 0.6 is 11.6 Å². The molecule has 1 aromatic heterocycles. The predicted molar refractivity (Wildman–Crippen MR) is 56.1 cm³/mol. The fourth-order valence-electron chi connectivity index (χ4n) is 1.47. The van der Waals surface area contributed by atoms with Crippen LogP contribution in [-0.4, -0.2) is 35.0 Å². The van der Waals surface area contributed by atoms with Crippen LogP contribution in [0.4, 0.5) is 10.2 Å². The van der Waals surface area contributed by atoms with Gasteiger partial charge in [-0.3, -0.25) is 0 Å². The van der Waals surface area contributed by atoms with Crippen molar-refractivity contribution < 1.29 is 4.39 Å². The molecule has 4 nitrogen and oxygen atoms in total. The Bertz CT molecular complexity index is 409. The molecule has 0 aliphatic carbocycles. The lowest BCUT2D eigenvalue weighted by molar-refractivity contribution is 0.489. The van der Waals surface area contributed by atoms with Crippen molar-refractivity contribution in [3.05, 3.63) is 29.7 Å². The highest BCUT2D eigenvalue weighted by molar-refractivity contribution is 6.28. The van der Waals surface area contributed by atoms with Gasteiger partial charge in [0.2, 0.25) is 5.28 Å². The molecule has 1 saturated heterocycles. The third-order valence-electron chi connectivity index (χ3n) is 2.36. The van der Waals surface area contributed by atoms with Gasteiger partial charge in [0.25, 0.3) is 0 Å². The van der Waals surface area contributed by atoms with Crippen LogP contribution in [0.25, 0.3) is 0 Å². The number of aromatic nitrogens is 2. The van der Waals surface area contributed by atoms with Crippen molar-refractivity contribution in [3.8, 4) is 0 Å². The molecule has 1 aromatic rings. The third-order valence-corrected chi connectivity index (χ3v) is 2.55. The van der Waals surface area contributed by atoms with Crippen LogP contribution in [0.15, 0.2) is 18.6 Å². The summed E-state index contributed by atoms with van der Waals surface area (Å²) in [5, 5.41) is 0.0359. The number of halogens is 2. The molecule has 1 aliphatic rings. The van der Waals surface area contributed by atoms with E-state index in [0.29, 0.717) is 12.4 Å². The second-order valence-electron chi connectivity index (χ2n) is 3.30. The lowest BCUT2D eigenvalue weighted by Gasteiger charge is -2.20. The summed E-state index contributed by atoms with van der Waals surface area (Å²) in [5.41, 5.74) is 0. The van der Waals surface area contributed by atoms with Gasteiger partial charge in [0.1, 0.15) is 5.82 Å². The number of hydrogen-bond acceptors (Lipinski definition) is 4. The van der Waals surface area contributed by atoms with Gasteiger partial charge in [0.05, 0.1) is 6.20 Å². The van der Waals surface area contributed by atoms with E-state index in [4.69, 9.17) is 11.6 Å². The molecule has 0 atom stereocenters. The highest BCUT2D eigenvalue weighted by Crippen LogP contribution is 2.25. The van der Waals surface area contributed by atoms with Gasteiger partial charge in [0, 0.05) is 20.1 Å². The molecule has 0 aromatic carbocycles. The molecule has 0 bridgehead atoms. The van der Waals surface area contributed by atoms with E-state index in [0.717, 1.165) is 12.7 Å². The summed E-state index contributed by atoms with van der Waals surface area (Å²) in [4.78, 5) is 11.0. The summed E-state index contributed by atoms with van der Waals surface area (Å²) >= 11 is 5.62. The largest absolute Gasteiger partial charge is 0.360 e. The summed E-state index contributed by atoms with van der Waals surface area (Å²) in [6, 6.07) is 0. The highest BCUT2D eigenvalue weighted by Gasteiger charge is 2.25. The minimum atomic E-state index is -0.490. The van der Waals surface area contributed by atoms with E-state index in [-0.39, 0.29) is 11.1 Å². The molecule has 0 radical (unpaired) electrons. The second-order valence-corrected chi connectivity index (χ2v) is 3.64. The van der Waals surface area contributed by atoms with E-state index in [9.17, 15) is 4.39 Å². The maximum absolute atomic E-state index is 13.4. The second kappa shape index (κ2) is 3.66. The van der Waals surface area contributed by atoms with Crippen molar-refractivity contribution in [1.82, 2.24) is 14.9 Å². The standard InChI is InChI=1S/C9H10ClFN4/c1-6-14(2)3-4-15(6)8-7(11)5-12-9(10)13-8/h5H,1,3-4H2,2H3. The Balaban J connectivity index is 2.37. The Labute approximate surface area is 92.0 Å². The number of nitrogens with zero attached hydrogens (tertiary/aromatic N) is 4. The normalized spacial score (nSPS) is 16.3. The number of anilines is 1. The molecule has 80 valence electrons. The van der Waals surface area contributed by atoms with Gasteiger partial charge in [-0.05, 0) is 11.6 Å². The van der Waals surface area contributed by atoms with E-state index in [2.05, 4.69) is 16.5 Å². The maximum atomic E-state index is 13.4. The summed E-state index contributed by atoms with van der Waals surface area (Å²) in [6.07, 6.45) is 1.07. The average Bonchev–Trinajstić information content (AvgIpc) is 2.52. The van der Waals surface area contributed by atoms with Crippen LogP contribution in [0.3, 0.4) is 0 Å². The quantitative estimate of drug-likeness (QED) is 0.682. The Hall–Kier alpha value is -1.36. The Kier molecular flexibility index (Phi) is 2.48. The van der Waals surface area contributed by atoms with Crippen LogP contribution in [-0.2, 0) is 0 Å². The zero-order valence-electron chi connectivity index (χ0n) is 8.24. The SMILES string of the molecule is C=C1N(C)CCN1c1nc(Cl)ncc1F. The van der Waals surface area contributed by atoms with Crippen molar-refractivity contribution in [1.29, 1.82) is 0 Å². The van der Waals surface area contributed by atoms with Gasteiger partial charge in [-0.1, -0.05) is 6.58 Å². The number of hydrogen-bond donors (Lipinski definition) is 0. The van der Waals surface area contributed by atoms with Crippen LogP contribution in [0.5, 0.6) is 0 Å². The van der Waals surface area contributed by atoms with Crippen LogP contribution in [0.2, 0.25) is 5.28 Å². The summed E-state index contributed by atoms with van der Waals surface area (Å²) in [5.74, 6) is 0.406. The minimum absolute atomic E-state index is 0.0359. The summed E-state index contributed by atoms with van der Waals surface area (Å²) in [6.45, 7) is 5.29. The van der Waals surface area contributed by atoms with E-state index in [1.165, 1.54) is 0 Å². The first-order valence-electron chi connectivity index (χ1n) is 4.45. The van der Waals surface area contributed by atoms with Crippen molar-refractivity contribution in [3.63, 3.8) is 0 Å². The minimum Gasteiger partial charge on any atom is -0.360 e. The molecule has 2 heterocycles. The highest BCUT2D eigenvalue weighted by atomic mass is 35.5. The molecule has 1 aliphatic heterocycles. The number of likely N-dealkylation sites (N-methyl/N-ethyl adjacent to an activating group) is 1. The maximum Gasteiger partial charge on any atom is 0.224 e. The monoisotopic (exact) mass is 228 g/mol. The first-order chi connectivity index (χ1) is 7.09. The Morgan fingerprint density at radius 3 is 2.87 bits per heavy atom. The molecule has 0 amide bonds. The van der Waals surface area contributed by atoms with E-state index >= 15 is 0 Å². The fourth-order valence-corrected chi connectivity index (χ4v) is 1.60. The number of rotatable bonds is 1. The van der Waals surface area contributed by atoms with Gasteiger partial charge < -0.3 is 9.80 Å². The first kappa shape index (κ1) is 10.2. The lowest BCUT2D eigenvalue weighted by atomic mass is 10.5. The average molecular weight is 229 g/mol. The van der Waals surface area contributed by atoms with Crippen molar-refractivity contribution >= 4 is 17.4 Å². The van der Waals surface area contributed by atoms with Crippen LogP contribution < -0.4 is 4.90 Å². The molecule has 15 heavy (non-hydrogen) atoms. The smallest absolute Gasteiger partial charge is 0.224 e. The lowest BCUT2D eigenvalue weighted by Crippen LogP contribution is -2.21. The van der Waals surface area contributed by atoms with Gasteiger partial charge in [0.15, 0.2) is 11.6 Å². The molecule has 6 heteroatoms. The van der Waals surface area contributed by atoms with Crippen LogP contribution in [0.1, 0.15) is 0 Å².